The van der Waals surface area contributed by atoms with Crippen molar-refractivity contribution in [3.63, 3.8) is 0 Å². The van der Waals surface area contributed by atoms with Crippen LogP contribution in [0.25, 0.3) is 0 Å². The smallest absolute Gasteiger partial charge is 0.253 e. The molecule has 3 rings (SSSR count). The zero-order valence-corrected chi connectivity index (χ0v) is 17.0. The molecule has 0 bridgehead atoms. The lowest BCUT2D eigenvalue weighted by Crippen LogP contribution is -2.48. The Hall–Kier alpha value is -2.73. The summed E-state index contributed by atoms with van der Waals surface area (Å²) in [6.45, 7) is 2.18. The van der Waals surface area contributed by atoms with E-state index in [1.54, 1.807) is 11.0 Å². The van der Waals surface area contributed by atoms with Gasteiger partial charge in [0.15, 0.2) is 0 Å². The van der Waals surface area contributed by atoms with E-state index in [1.807, 2.05) is 49.3 Å². The summed E-state index contributed by atoms with van der Waals surface area (Å²) in [7, 11) is 3.91. The van der Waals surface area contributed by atoms with Crippen LogP contribution in [0.5, 0.6) is 0 Å². The Morgan fingerprint density at radius 1 is 1.10 bits per heavy atom. The highest BCUT2D eigenvalue weighted by molar-refractivity contribution is 5.94. The molecule has 0 saturated carbocycles. The molecule has 2 aromatic rings. The molecule has 0 unspecified atom stereocenters. The van der Waals surface area contributed by atoms with Gasteiger partial charge in [0.05, 0.1) is 5.92 Å². The molecule has 0 aromatic heterocycles. The van der Waals surface area contributed by atoms with Crippen molar-refractivity contribution in [3.05, 3.63) is 71.5 Å². The minimum atomic E-state index is -0.439. The van der Waals surface area contributed by atoms with E-state index < -0.39 is 5.82 Å². The van der Waals surface area contributed by atoms with Gasteiger partial charge >= 0.3 is 0 Å². The number of likely N-dealkylation sites (tertiary alicyclic amines) is 1. The van der Waals surface area contributed by atoms with Crippen LogP contribution in [0.1, 0.15) is 28.3 Å². The third-order valence-electron chi connectivity index (χ3n) is 5.31. The van der Waals surface area contributed by atoms with Gasteiger partial charge in [-0.3, -0.25) is 9.59 Å². The summed E-state index contributed by atoms with van der Waals surface area (Å²) in [6, 6.07) is 15.7. The second-order valence-electron chi connectivity index (χ2n) is 7.86. The lowest BCUT2D eigenvalue weighted by molar-refractivity contribution is -0.126. The molecule has 2 aromatic carbocycles. The highest BCUT2D eigenvalue weighted by atomic mass is 19.1. The molecule has 29 heavy (non-hydrogen) atoms. The standard InChI is InChI=1S/C23H28FN3O2/c1-26(2)12-11-25-22(28)20-13-19(17-7-4-3-5-8-17)15-27(16-20)23(29)18-9-6-10-21(24)14-18/h3-10,14,19-20H,11-13,15-16H2,1-2H3,(H,25,28)/t19-,20-/m0/s1. The van der Waals surface area contributed by atoms with Crippen molar-refractivity contribution in [2.24, 2.45) is 5.92 Å². The fourth-order valence-corrected chi connectivity index (χ4v) is 3.77. The molecular weight excluding hydrogens is 369 g/mol. The minimum Gasteiger partial charge on any atom is -0.355 e. The highest BCUT2D eigenvalue weighted by Gasteiger charge is 2.34. The van der Waals surface area contributed by atoms with Crippen LogP contribution in [0.2, 0.25) is 0 Å². The minimum absolute atomic E-state index is 0.0375. The maximum atomic E-state index is 13.6. The molecule has 0 radical (unpaired) electrons. The maximum absolute atomic E-state index is 13.6. The molecule has 6 heteroatoms. The quantitative estimate of drug-likeness (QED) is 0.816. The van der Waals surface area contributed by atoms with Crippen LogP contribution in [-0.4, -0.2) is 61.9 Å². The number of piperidine rings is 1. The van der Waals surface area contributed by atoms with Gasteiger partial charge in [-0.1, -0.05) is 36.4 Å². The summed E-state index contributed by atoms with van der Waals surface area (Å²) < 4.78 is 13.6. The van der Waals surface area contributed by atoms with Gasteiger partial charge in [0.25, 0.3) is 5.91 Å². The Kier molecular flexibility index (Phi) is 6.99. The molecular formula is C23H28FN3O2. The molecule has 1 saturated heterocycles. The third-order valence-corrected chi connectivity index (χ3v) is 5.31. The van der Waals surface area contributed by atoms with E-state index in [-0.39, 0.29) is 23.7 Å². The van der Waals surface area contributed by atoms with Crippen LogP contribution in [0.15, 0.2) is 54.6 Å². The third kappa shape index (κ3) is 5.64. The number of benzene rings is 2. The average Bonchev–Trinajstić information content (AvgIpc) is 2.73. The number of hydrogen-bond donors (Lipinski definition) is 1. The predicted octanol–water partition coefficient (Wildman–Crippen LogP) is 2.75. The molecule has 5 nitrogen and oxygen atoms in total. The van der Waals surface area contributed by atoms with Gasteiger partial charge < -0.3 is 15.1 Å². The number of nitrogens with zero attached hydrogens (tertiary/aromatic N) is 2. The van der Waals surface area contributed by atoms with E-state index in [0.29, 0.717) is 31.6 Å². The fourth-order valence-electron chi connectivity index (χ4n) is 3.77. The highest BCUT2D eigenvalue weighted by Crippen LogP contribution is 2.31. The Morgan fingerprint density at radius 2 is 1.86 bits per heavy atom. The van der Waals surface area contributed by atoms with Crippen molar-refractivity contribution >= 4 is 11.8 Å². The summed E-state index contributed by atoms with van der Waals surface area (Å²) in [4.78, 5) is 29.5. The van der Waals surface area contributed by atoms with Crippen LogP contribution in [0.4, 0.5) is 4.39 Å². The summed E-state index contributed by atoms with van der Waals surface area (Å²) >= 11 is 0. The monoisotopic (exact) mass is 397 g/mol. The van der Waals surface area contributed by atoms with Gasteiger partial charge in [-0.05, 0) is 44.3 Å². The molecule has 1 N–H and O–H groups in total. The second-order valence-corrected chi connectivity index (χ2v) is 7.86. The summed E-state index contributed by atoms with van der Waals surface area (Å²) in [5.74, 6) is -0.952. The number of hydrogen-bond acceptors (Lipinski definition) is 3. The number of carbonyl (C=O) groups excluding carboxylic acids is 2. The first-order chi connectivity index (χ1) is 13.9. The topological polar surface area (TPSA) is 52.7 Å². The normalized spacial score (nSPS) is 19.2. The fraction of sp³-hybridized carbons (Fsp3) is 0.391. The zero-order valence-electron chi connectivity index (χ0n) is 17.0. The Balaban J connectivity index is 1.78. The van der Waals surface area contributed by atoms with E-state index in [9.17, 15) is 14.0 Å². The average molecular weight is 397 g/mol. The van der Waals surface area contributed by atoms with Gasteiger partial charge in [0.1, 0.15) is 5.82 Å². The first-order valence-corrected chi connectivity index (χ1v) is 9.96. The van der Waals surface area contributed by atoms with Crippen LogP contribution >= 0.6 is 0 Å². The molecule has 1 aliphatic heterocycles. The molecule has 1 heterocycles. The summed E-state index contributed by atoms with van der Waals surface area (Å²) in [5.41, 5.74) is 1.42. The van der Waals surface area contributed by atoms with Crippen molar-refractivity contribution in [1.29, 1.82) is 0 Å². The van der Waals surface area contributed by atoms with Crippen LogP contribution in [0, 0.1) is 11.7 Å². The molecule has 0 spiro atoms. The van der Waals surface area contributed by atoms with E-state index in [2.05, 4.69) is 5.32 Å². The van der Waals surface area contributed by atoms with Crippen molar-refractivity contribution in [1.82, 2.24) is 15.1 Å². The van der Waals surface area contributed by atoms with Gasteiger partial charge in [-0.2, -0.15) is 0 Å². The SMILES string of the molecule is CN(C)CCNC(=O)[C@H]1C[C@H](c2ccccc2)CN(C(=O)c2cccc(F)c2)C1. The Morgan fingerprint density at radius 3 is 2.55 bits per heavy atom. The first kappa shape index (κ1) is 21.0. The van der Waals surface area contributed by atoms with E-state index >= 15 is 0 Å². The van der Waals surface area contributed by atoms with Crippen LogP contribution in [-0.2, 0) is 4.79 Å². The second kappa shape index (κ2) is 9.65. The van der Waals surface area contributed by atoms with Gasteiger partial charge in [0.2, 0.25) is 5.91 Å². The number of rotatable bonds is 6. The molecule has 1 fully saturated rings. The van der Waals surface area contributed by atoms with Crippen molar-refractivity contribution in [2.75, 3.05) is 40.3 Å². The molecule has 0 aliphatic carbocycles. The number of carbonyl (C=O) groups is 2. The molecule has 1 aliphatic rings. The van der Waals surface area contributed by atoms with Gasteiger partial charge in [-0.25, -0.2) is 4.39 Å². The predicted molar refractivity (Wildman–Crippen MR) is 111 cm³/mol. The Bertz CT molecular complexity index is 841. The number of amides is 2. The molecule has 154 valence electrons. The maximum Gasteiger partial charge on any atom is 0.253 e. The van der Waals surface area contributed by atoms with Gasteiger partial charge in [-0.15, -0.1) is 0 Å². The first-order valence-electron chi connectivity index (χ1n) is 9.96. The summed E-state index contributed by atoms with van der Waals surface area (Å²) in [6.07, 6.45) is 0.685. The van der Waals surface area contributed by atoms with Gasteiger partial charge in [0, 0.05) is 37.7 Å². The number of likely N-dealkylation sites (N-methyl/N-ethyl adjacent to an activating group) is 1. The van der Waals surface area contributed by atoms with Crippen LogP contribution in [0.3, 0.4) is 0 Å². The van der Waals surface area contributed by atoms with Crippen molar-refractivity contribution in [3.8, 4) is 0 Å². The zero-order chi connectivity index (χ0) is 20.8. The Labute approximate surface area is 171 Å². The lowest BCUT2D eigenvalue weighted by Gasteiger charge is -2.37. The molecule has 2 amide bonds. The molecule has 2 atom stereocenters. The van der Waals surface area contributed by atoms with Crippen molar-refractivity contribution < 1.29 is 14.0 Å². The van der Waals surface area contributed by atoms with Crippen LogP contribution < -0.4 is 5.32 Å². The van der Waals surface area contributed by atoms with E-state index in [1.165, 1.54) is 18.2 Å². The summed E-state index contributed by atoms with van der Waals surface area (Å²) in [5, 5.41) is 2.99. The largest absolute Gasteiger partial charge is 0.355 e. The lowest BCUT2D eigenvalue weighted by atomic mass is 9.83. The van der Waals surface area contributed by atoms with Crippen molar-refractivity contribution in [2.45, 2.75) is 12.3 Å². The number of halogens is 1. The van der Waals surface area contributed by atoms with E-state index in [0.717, 1.165) is 12.1 Å². The van der Waals surface area contributed by atoms with E-state index in [4.69, 9.17) is 0 Å². The number of nitrogens with one attached hydrogen (secondary N) is 1.